The summed E-state index contributed by atoms with van der Waals surface area (Å²) in [5.41, 5.74) is 5.94. The van der Waals surface area contributed by atoms with E-state index in [1.165, 1.54) is 25.9 Å². The number of rotatable bonds is 8. The number of nitrogens with one attached hydrogen (secondary N) is 1. The Labute approximate surface area is 158 Å². The maximum Gasteiger partial charge on any atom is 0.188 e. The van der Waals surface area contributed by atoms with E-state index in [4.69, 9.17) is 10.5 Å². The van der Waals surface area contributed by atoms with Crippen LogP contribution < -0.4 is 11.1 Å². The van der Waals surface area contributed by atoms with Gasteiger partial charge in [-0.1, -0.05) is 6.92 Å². The average molecular weight is 439 g/mol. The van der Waals surface area contributed by atoms with Gasteiger partial charge in [0.2, 0.25) is 0 Å². The van der Waals surface area contributed by atoms with Crippen LogP contribution >= 0.6 is 24.0 Å². The fourth-order valence-corrected chi connectivity index (χ4v) is 3.12. The lowest BCUT2D eigenvalue weighted by Crippen LogP contribution is -2.39. The second-order valence-electron chi connectivity index (χ2n) is 6.57. The fraction of sp³-hybridized carbons (Fsp3) is 0.938. The van der Waals surface area contributed by atoms with Gasteiger partial charge in [0.05, 0.1) is 13.2 Å². The molecule has 2 saturated heterocycles. The minimum Gasteiger partial charge on any atom is -0.379 e. The van der Waals surface area contributed by atoms with Gasteiger partial charge in [0, 0.05) is 32.7 Å². The summed E-state index contributed by atoms with van der Waals surface area (Å²) in [6, 6.07) is 0. The van der Waals surface area contributed by atoms with Crippen molar-refractivity contribution in [2.45, 2.75) is 26.2 Å². The van der Waals surface area contributed by atoms with E-state index in [2.05, 4.69) is 27.0 Å². The van der Waals surface area contributed by atoms with Crippen molar-refractivity contribution in [3.8, 4) is 0 Å². The lowest BCUT2D eigenvalue weighted by Gasteiger charge is -2.26. The minimum atomic E-state index is 0. The number of ether oxygens (including phenoxy) is 1. The SMILES string of the molecule is CC(CN=C(N)NCCCN1CCOCC1)CN1CCCC1.I. The Hall–Kier alpha value is -0.120. The molecule has 2 heterocycles. The highest BCUT2D eigenvalue weighted by Gasteiger charge is 2.14. The van der Waals surface area contributed by atoms with Gasteiger partial charge in [0.1, 0.15) is 0 Å². The van der Waals surface area contributed by atoms with Gasteiger partial charge >= 0.3 is 0 Å². The largest absolute Gasteiger partial charge is 0.379 e. The quantitative estimate of drug-likeness (QED) is 0.255. The molecule has 0 aliphatic carbocycles. The highest BCUT2D eigenvalue weighted by Crippen LogP contribution is 2.10. The molecule has 1 atom stereocenters. The Balaban J connectivity index is 0.00000264. The van der Waals surface area contributed by atoms with Crippen LogP contribution in [0.4, 0.5) is 0 Å². The number of morpholine rings is 1. The zero-order valence-electron chi connectivity index (χ0n) is 14.5. The normalized spacial score (nSPS) is 21.9. The molecule has 0 aromatic rings. The monoisotopic (exact) mass is 439 g/mol. The summed E-state index contributed by atoms with van der Waals surface area (Å²) in [5, 5.41) is 3.23. The Morgan fingerprint density at radius 1 is 1.17 bits per heavy atom. The molecule has 23 heavy (non-hydrogen) atoms. The van der Waals surface area contributed by atoms with Crippen molar-refractivity contribution in [1.82, 2.24) is 15.1 Å². The van der Waals surface area contributed by atoms with Crippen LogP contribution in [-0.4, -0.2) is 81.3 Å². The highest BCUT2D eigenvalue weighted by atomic mass is 127. The molecule has 0 spiro atoms. The predicted molar refractivity (Wildman–Crippen MR) is 107 cm³/mol. The van der Waals surface area contributed by atoms with E-state index in [-0.39, 0.29) is 24.0 Å². The lowest BCUT2D eigenvalue weighted by atomic mass is 10.2. The number of nitrogens with two attached hydrogens (primary N) is 1. The molecule has 0 aromatic carbocycles. The van der Waals surface area contributed by atoms with E-state index in [1.54, 1.807) is 0 Å². The van der Waals surface area contributed by atoms with Crippen molar-refractivity contribution in [1.29, 1.82) is 0 Å². The fourth-order valence-electron chi connectivity index (χ4n) is 3.12. The number of halogens is 1. The molecule has 0 saturated carbocycles. The van der Waals surface area contributed by atoms with Crippen LogP contribution in [0.2, 0.25) is 0 Å². The van der Waals surface area contributed by atoms with E-state index >= 15 is 0 Å². The predicted octanol–water partition coefficient (Wildman–Crippen LogP) is 0.963. The molecular formula is C16H34IN5O. The van der Waals surface area contributed by atoms with Crippen LogP contribution in [-0.2, 0) is 4.74 Å². The molecule has 2 rings (SSSR count). The van der Waals surface area contributed by atoms with E-state index in [0.29, 0.717) is 11.9 Å². The van der Waals surface area contributed by atoms with Crippen LogP contribution in [0.25, 0.3) is 0 Å². The maximum absolute atomic E-state index is 5.94. The van der Waals surface area contributed by atoms with Crippen LogP contribution in [0, 0.1) is 5.92 Å². The molecule has 2 aliphatic heterocycles. The molecule has 1 unspecified atom stereocenters. The van der Waals surface area contributed by atoms with Gasteiger partial charge in [-0.05, 0) is 44.8 Å². The van der Waals surface area contributed by atoms with Gasteiger partial charge in [-0.25, -0.2) is 0 Å². The van der Waals surface area contributed by atoms with Gasteiger partial charge in [-0.15, -0.1) is 24.0 Å². The van der Waals surface area contributed by atoms with Crippen molar-refractivity contribution in [3.05, 3.63) is 0 Å². The van der Waals surface area contributed by atoms with E-state index in [1.807, 2.05) is 0 Å². The number of aliphatic imine (C=N–C) groups is 1. The summed E-state index contributed by atoms with van der Waals surface area (Å²) >= 11 is 0. The Morgan fingerprint density at radius 2 is 1.87 bits per heavy atom. The molecular weight excluding hydrogens is 405 g/mol. The molecule has 0 aromatic heterocycles. The molecule has 7 heteroatoms. The summed E-state index contributed by atoms with van der Waals surface area (Å²) in [6.07, 6.45) is 3.80. The van der Waals surface area contributed by atoms with Crippen molar-refractivity contribution in [3.63, 3.8) is 0 Å². The number of hydrogen-bond acceptors (Lipinski definition) is 4. The Kier molecular flexibility index (Phi) is 11.2. The summed E-state index contributed by atoms with van der Waals surface area (Å²) < 4.78 is 5.35. The number of hydrogen-bond donors (Lipinski definition) is 2. The Bertz CT molecular complexity index is 330. The van der Waals surface area contributed by atoms with Crippen LogP contribution in [0.5, 0.6) is 0 Å². The third kappa shape index (κ3) is 9.07. The van der Waals surface area contributed by atoms with E-state index in [0.717, 1.165) is 58.9 Å². The topological polar surface area (TPSA) is 66.1 Å². The smallest absolute Gasteiger partial charge is 0.188 e. The summed E-state index contributed by atoms with van der Waals surface area (Å²) in [5.74, 6) is 1.17. The molecule has 2 aliphatic rings. The van der Waals surface area contributed by atoms with E-state index in [9.17, 15) is 0 Å². The number of nitrogens with zero attached hydrogens (tertiary/aromatic N) is 3. The highest BCUT2D eigenvalue weighted by molar-refractivity contribution is 14.0. The molecule has 0 amide bonds. The Morgan fingerprint density at radius 3 is 2.57 bits per heavy atom. The number of likely N-dealkylation sites (tertiary alicyclic amines) is 1. The molecule has 3 N–H and O–H groups in total. The number of guanidine groups is 1. The maximum atomic E-state index is 5.94. The van der Waals surface area contributed by atoms with Gasteiger partial charge in [0.25, 0.3) is 0 Å². The van der Waals surface area contributed by atoms with Crippen molar-refractivity contribution in [2.75, 3.05) is 65.6 Å². The minimum absolute atomic E-state index is 0. The van der Waals surface area contributed by atoms with Crippen LogP contribution in [0.15, 0.2) is 4.99 Å². The lowest BCUT2D eigenvalue weighted by molar-refractivity contribution is 0.0376. The first-order valence-electron chi connectivity index (χ1n) is 8.80. The second kappa shape index (κ2) is 12.3. The summed E-state index contributed by atoms with van der Waals surface area (Å²) in [6.45, 7) is 12.6. The molecule has 136 valence electrons. The summed E-state index contributed by atoms with van der Waals surface area (Å²) in [4.78, 5) is 9.45. The third-order valence-corrected chi connectivity index (χ3v) is 4.40. The molecule has 0 bridgehead atoms. The van der Waals surface area contributed by atoms with Crippen LogP contribution in [0.3, 0.4) is 0 Å². The van der Waals surface area contributed by atoms with Gasteiger partial charge in [-0.3, -0.25) is 9.89 Å². The van der Waals surface area contributed by atoms with Gasteiger partial charge in [-0.2, -0.15) is 0 Å². The van der Waals surface area contributed by atoms with Gasteiger partial charge in [0.15, 0.2) is 5.96 Å². The zero-order valence-corrected chi connectivity index (χ0v) is 16.8. The first-order chi connectivity index (χ1) is 10.7. The molecule has 0 radical (unpaired) electrons. The second-order valence-corrected chi connectivity index (χ2v) is 6.57. The third-order valence-electron chi connectivity index (χ3n) is 4.40. The van der Waals surface area contributed by atoms with Crippen molar-refractivity contribution < 1.29 is 4.74 Å². The first-order valence-corrected chi connectivity index (χ1v) is 8.80. The average Bonchev–Trinajstić information content (AvgIpc) is 3.03. The zero-order chi connectivity index (χ0) is 15.6. The molecule has 6 nitrogen and oxygen atoms in total. The van der Waals surface area contributed by atoms with Crippen LogP contribution in [0.1, 0.15) is 26.2 Å². The van der Waals surface area contributed by atoms with E-state index < -0.39 is 0 Å². The standard InChI is InChI=1S/C16H33N5O.HI/c1-15(14-21-6-2-3-7-21)13-19-16(17)18-5-4-8-20-9-11-22-12-10-20;/h15H,2-14H2,1H3,(H3,17,18,19);1H. The summed E-state index contributed by atoms with van der Waals surface area (Å²) in [7, 11) is 0. The van der Waals surface area contributed by atoms with Crippen molar-refractivity contribution in [2.24, 2.45) is 16.6 Å². The van der Waals surface area contributed by atoms with Crippen molar-refractivity contribution >= 4 is 29.9 Å². The van der Waals surface area contributed by atoms with Gasteiger partial charge < -0.3 is 20.7 Å². The first kappa shape index (κ1) is 20.9. The molecule has 2 fully saturated rings.